The highest BCUT2D eigenvalue weighted by Gasteiger charge is 2.25. The molecule has 0 unspecified atom stereocenters. The summed E-state index contributed by atoms with van der Waals surface area (Å²) in [5.74, 6) is -1.02. The molecule has 0 spiro atoms. The summed E-state index contributed by atoms with van der Waals surface area (Å²) in [6.07, 6.45) is 1.63. The van der Waals surface area contributed by atoms with Crippen LogP contribution in [0.25, 0.3) is 0 Å². The van der Waals surface area contributed by atoms with Gasteiger partial charge in [-0.25, -0.2) is 4.79 Å². The number of benzene rings is 1. The van der Waals surface area contributed by atoms with E-state index in [0.29, 0.717) is 11.6 Å². The molecule has 1 saturated heterocycles. The summed E-state index contributed by atoms with van der Waals surface area (Å²) in [6.45, 7) is 1.57. The molecule has 1 aliphatic rings. The Kier molecular flexibility index (Phi) is 6.44. The van der Waals surface area contributed by atoms with E-state index in [1.807, 2.05) is 12.1 Å². The Morgan fingerprint density at radius 2 is 1.84 bits per heavy atom. The van der Waals surface area contributed by atoms with Crippen molar-refractivity contribution in [3.8, 4) is 0 Å². The predicted molar refractivity (Wildman–Crippen MR) is 113 cm³/mol. The van der Waals surface area contributed by atoms with Crippen LogP contribution in [-0.2, 0) is 7.05 Å². The third-order valence-corrected chi connectivity index (χ3v) is 5.03. The number of nitro groups is 1. The molecule has 4 rings (SSSR count). The van der Waals surface area contributed by atoms with Crippen LogP contribution in [0.15, 0.2) is 50.0 Å². The zero-order chi connectivity index (χ0) is 21.3. The monoisotopic (exact) mass is 449 g/mol. The minimum atomic E-state index is -0.698. The van der Waals surface area contributed by atoms with Gasteiger partial charge in [0.15, 0.2) is 5.76 Å². The molecule has 1 aliphatic heterocycles. The largest absolute Gasteiger partial charge is 0.436 e. The molecule has 3 aromatic rings. The first kappa shape index (κ1) is 22.1. The van der Waals surface area contributed by atoms with Crippen molar-refractivity contribution in [1.82, 2.24) is 9.78 Å². The summed E-state index contributed by atoms with van der Waals surface area (Å²) in [5.41, 5.74) is 1.55. The second kappa shape index (κ2) is 9.04. The van der Waals surface area contributed by atoms with Gasteiger partial charge in [-0.05, 0) is 43.2 Å². The number of hydrogen-bond donors (Lipinski definition) is 1. The minimum absolute atomic E-state index is 0. The molecule has 1 aromatic carbocycles. The molecule has 12 heteroatoms. The SMILES string of the molecule is Cl.Cn1nc(C2CCN(c3ccc(NC(=O)c4ccc([N+](=O)[O-])o4)cc3)CC2)oc1=O. The molecule has 0 saturated carbocycles. The van der Waals surface area contributed by atoms with Crippen molar-refractivity contribution in [1.29, 1.82) is 0 Å². The van der Waals surface area contributed by atoms with Gasteiger partial charge in [-0.1, -0.05) is 0 Å². The van der Waals surface area contributed by atoms with E-state index >= 15 is 0 Å². The minimum Gasteiger partial charge on any atom is -0.395 e. The van der Waals surface area contributed by atoms with Crippen LogP contribution < -0.4 is 16.0 Å². The Morgan fingerprint density at radius 1 is 1.16 bits per heavy atom. The number of carbonyl (C=O) groups is 1. The first-order valence-electron chi connectivity index (χ1n) is 9.35. The van der Waals surface area contributed by atoms with Crippen molar-refractivity contribution in [2.75, 3.05) is 23.3 Å². The lowest BCUT2D eigenvalue weighted by atomic mass is 9.96. The third kappa shape index (κ3) is 4.77. The molecule has 0 bridgehead atoms. The molecule has 2 aromatic heterocycles. The van der Waals surface area contributed by atoms with Crippen molar-refractivity contribution in [2.45, 2.75) is 18.8 Å². The number of amides is 1. The van der Waals surface area contributed by atoms with E-state index in [1.165, 1.54) is 10.7 Å². The van der Waals surface area contributed by atoms with Crippen LogP contribution in [0.5, 0.6) is 0 Å². The second-order valence-corrected chi connectivity index (χ2v) is 6.99. The Labute approximate surface area is 182 Å². The van der Waals surface area contributed by atoms with Crippen LogP contribution in [-0.4, -0.2) is 33.7 Å². The van der Waals surface area contributed by atoms with Gasteiger partial charge in [0.2, 0.25) is 5.89 Å². The molecule has 164 valence electrons. The highest BCUT2D eigenvalue weighted by Crippen LogP contribution is 2.29. The van der Waals surface area contributed by atoms with Crippen LogP contribution >= 0.6 is 12.4 Å². The number of anilines is 2. The maximum Gasteiger partial charge on any atom is 0.436 e. The van der Waals surface area contributed by atoms with Gasteiger partial charge in [-0.3, -0.25) is 14.9 Å². The topological polar surface area (TPSA) is 137 Å². The van der Waals surface area contributed by atoms with E-state index in [-0.39, 0.29) is 24.1 Å². The molecule has 1 amide bonds. The molecular weight excluding hydrogens is 430 g/mol. The van der Waals surface area contributed by atoms with Gasteiger partial charge in [0, 0.05) is 37.4 Å². The van der Waals surface area contributed by atoms with Gasteiger partial charge in [-0.2, -0.15) is 4.68 Å². The summed E-state index contributed by atoms with van der Waals surface area (Å²) < 4.78 is 11.3. The average Bonchev–Trinajstić information content (AvgIpc) is 3.36. The Bertz CT molecular complexity index is 1130. The number of rotatable bonds is 5. The van der Waals surface area contributed by atoms with Gasteiger partial charge in [0.05, 0.1) is 6.07 Å². The number of aryl methyl sites for hydroxylation is 1. The molecule has 0 aliphatic carbocycles. The summed E-state index contributed by atoms with van der Waals surface area (Å²) in [6, 6.07) is 9.69. The van der Waals surface area contributed by atoms with E-state index in [2.05, 4.69) is 15.3 Å². The molecule has 11 nitrogen and oxygen atoms in total. The Morgan fingerprint density at radius 3 is 2.39 bits per heavy atom. The van der Waals surface area contributed by atoms with Gasteiger partial charge in [0.25, 0.3) is 5.91 Å². The highest BCUT2D eigenvalue weighted by atomic mass is 35.5. The van der Waals surface area contributed by atoms with Gasteiger partial charge in [0.1, 0.15) is 4.92 Å². The second-order valence-electron chi connectivity index (χ2n) is 6.99. The van der Waals surface area contributed by atoms with E-state index in [9.17, 15) is 19.7 Å². The van der Waals surface area contributed by atoms with E-state index < -0.39 is 22.5 Å². The van der Waals surface area contributed by atoms with Gasteiger partial charge < -0.3 is 19.1 Å². The van der Waals surface area contributed by atoms with Gasteiger partial charge in [-0.15, -0.1) is 17.5 Å². The normalized spacial score (nSPS) is 14.2. The number of piperidine rings is 1. The zero-order valence-electron chi connectivity index (χ0n) is 16.5. The zero-order valence-corrected chi connectivity index (χ0v) is 17.3. The molecule has 1 N–H and O–H groups in total. The number of nitrogens with one attached hydrogen (secondary N) is 1. The molecule has 0 atom stereocenters. The van der Waals surface area contributed by atoms with Crippen molar-refractivity contribution >= 4 is 35.6 Å². The van der Waals surface area contributed by atoms with Crippen molar-refractivity contribution < 1.29 is 18.6 Å². The van der Waals surface area contributed by atoms with Crippen molar-refractivity contribution in [3.63, 3.8) is 0 Å². The van der Waals surface area contributed by atoms with Crippen LogP contribution in [0, 0.1) is 10.1 Å². The highest BCUT2D eigenvalue weighted by molar-refractivity contribution is 6.02. The third-order valence-electron chi connectivity index (χ3n) is 5.03. The standard InChI is InChI=1S/C19H19N5O6.ClH/c1-22-19(26)30-18(21-22)12-8-10-23(11-9-12)14-4-2-13(3-5-14)20-17(25)15-6-7-16(29-15)24(27)28;/h2-7,12H,8-11H2,1H3,(H,20,25);1H. The lowest BCUT2D eigenvalue weighted by Gasteiger charge is -2.32. The van der Waals surface area contributed by atoms with E-state index in [0.717, 1.165) is 37.7 Å². The van der Waals surface area contributed by atoms with Crippen LogP contribution in [0.3, 0.4) is 0 Å². The Balaban J connectivity index is 0.00000272. The number of carbonyl (C=O) groups excluding carboxylic acids is 1. The van der Waals surface area contributed by atoms with E-state index in [4.69, 9.17) is 8.83 Å². The lowest BCUT2D eigenvalue weighted by Crippen LogP contribution is -2.33. The van der Waals surface area contributed by atoms with Crippen molar-refractivity contribution in [3.05, 3.63) is 68.7 Å². The molecule has 0 radical (unpaired) electrons. The molecule has 1 fully saturated rings. The number of halogens is 1. The summed E-state index contributed by atoms with van der Waals surface area (Å²) in [4.78, 5) is 35.8. The summed E-state index contributed by atoms with van der Waals surface area (Å²) in [5, 5.41) is 17.4. The first-order valence-corrected chi connectivity index (χ1v) is 9.35. The fourth-order valence-electron chi connectivity index (χ4n) is 3.41. The van der Waals surface area contributed by atoms with Crippen LogP contribution in [0.2, 0.25) is 0 Å². The maximum absolute atomic E-state index is 12.2. The van der Waals surface area contributed by atoms with Crippen molar-refractivity contribution in [2.24, 2.45) is 7.05 Å². The first-order chi connectivity index (χ1) is 14.4. The number of aromatic nitrogens is 2. The van der Waals surface area contributed by atoms with E-state index in [1.54, 1.807) is 19.2 Å². The number of nitrogens with zero attached hydrogens (tertiary/aromatic N) is 4. The maximum atomic E-state index is 12.2. The Hall–Kier alpha value is -3.60. The lowest BCUT2D eigenvalue weighted by molar-refractivity contribution is -0.402. The smallest absolute Gasteiger partial charge is 0.395 e. The number of hydrogen-bond acceptors (Lipinski definition) is 8. The van der Waals surface area contributed by atoms with Crippen LogP contribution in [0.4, 0.5) is 17.3 Å². The fourth-order valence-corrected chi connectivity index (χ4v) is 3.41. The fraction of sp³-hybridized carbons (Fsp3) is 0.316. The quantitative estimate of drug-likeness (QED) is 0.463. The molecular formula is C19H20ClN5O6. The van der Waals surface area contributed by atoms with Gasteiger partial charge >= 0.3 is 11.6 Å². The molecule has 3 heterocycles. The molecule has 31 heavy (non-hydrogen) atoms. The van der Waals surface area contributed by atoms with Crippen LogP contribution in [0.1, 0.15) is 35.2 Å². The average molecular weight is 450 g/mol. The summed E-state index contributed by atoms with van der Waals surface area (Å²) >= 11 is 0. The summed E-state index contributed by atoms with van der Waals surface area (Å²) in [7, 11) is 1.57. The predicted octanol–water partition coefficient (Wildman–Crippen LogP) is 2.93. The number of furan rings is 1.